The zero-order valence-electron chi connectivity index (χ0n) is 10.5. The molecule has 1 aliphatic heterocycles. The van der Waals surface area contributed by atoms with Gasteiger partial charge in [0.05, 0.1) is 12.7 Å². The molecule has 98 valence electrons. The molecule has 1 saturated heterocycles. The van der Waals surface area contributed by atoms with Gasteiger partial charge in [0.2, 0.25) is 0 Å². The minimum atomic E-state index is -0.362. The molecule has 1 heterocycles. The first-order chi connectivity index (χ1) is 8.61. The van der Waals surface area contributed by atoms with Gasteiger partial charge in [0.25, 0.3) is 5.91 Å². The molecule has 0 aromatic heterocycles. The monoisotopic (exact) mass is 249 g/mol. The van der Waals surface area contributed by atoms with Gasteiger partial charge in [0, 0.05) is 24.6 Å². The van der Waals surface area contributed by atoms with Gasteiger partial charge in [-0.1, -0.05) is 12.1 Å². The van der Waals surface area contributed by atoms with Crippen molar-refractivity contribution in [3.05, 3.63) is 35.4 Å². The third-order valence-electron chi connectivity index (χ3n) is 3.58. The minimum Gasteiger partial charge on any atom is -0.393 e. The second kappa shape index (κ2) is 5.50. The van der Waals surface area contributed by atoms with Gasteiger partial charge in [-0.25, -0.2) is 0 Å². The first-order valence-electron chi connectivity index (χ1n) is 6.29. The quantitative estimate of drug-likeness (QED) is 0.841. The van der Waals surface area contributed by atoms with Crippen molar-refractivity contribution in [1.82, 2.24) is 4.90 Å². The fourth-order valence-corrected chi connectivity index (χ4v) is 2.30. The third-order valence-corrected chi connectivity index (χ3v) is 3.58. The Balaban J connectivity index is 2.03. The minimum absolute atomic E-state index is 0.00244. The molecule has 2 N–H and O–H groups in total. The highest BCUT2D eigenvalue weighted by Gasteiger charge is 2.29. The summed E-state index contributed by atoms with van der Waals surface area (Å²) in [4.78, 5) is 14.0. The van der Waals surface area contributed by atoms with Gasteiger partial charge >= 0.3 is 0 Å². The fraction of sp³-hybridized carbons (Fsp3) is 0.500. The lowest BCUT2D eigenvalue weighted by atomic mass is 10.0. The van der Waals surface area contributed by atoms with Crippen LogP contribution in [0.2, 0.25) is 0 Å². The van der Waals surface area contributed by atoms with E-state index >= 15 is 0 Å². The maximum atomic E-state index is 12.2. The lowest BCUT2D eigenvalue weighted by Gasteiger charge is -2.17. The van der Waals surface area contributed by atoms with Gasteiger partial charge in [-0.3, -0.25) is 4.79 Å². The Morgan fingerprint density at radius 1 is 1.44 bits per heavy atom. The Hall–Kier alpha value is -1.39. The van der Waals surface area contributed by atoms with Crippen LogP contribution in [0.4, 0.5) is 0 Å². The molecule has 18 heavy (non-hydrogen) atoms. The van der Waals surface area contributed by atoms with Crippen molar-refractivity contribution in [2.45, 2.75) is 26.1 Å². The Bertz CT molecular complexity index is 414. The van der Waals surface area contributed by atoms with Crippen LogP contribution in [0.3, 0.4) is 0 Å². The second-order valence-corrected chi connectivity index (χ2v) is 4.90. The molecule has 0 saturated carbocycles. The van der Waals surface area contributed by atoms with Crippen LogP contribution in [-0.4, -0.2) is 40.2 Å². The van der Waals surface area contributed by atoms with E-state index in [1.807, 2.05) is 0 Å². The van der Waals surface area contributed by atoms with Crippen LogP contribution in [0.1, 0.15) is 29.3 Å². The normalized spacial score (nSPS) is 21.1. The van der Waals surface area contributed by atoms with E-state index in [1.165, 1.54) is 0 Å². The van der Waals surface area contributed by atoms with Gasteiger partial charge in [0.1, 0.15) is 0 Å². The zero-order chi connectivity index (χ0) is 13.1. The van der Waals surface area contributed by atoms with Gasteiger partial charge in [-0.15, -0.1) is 0 Å². The van der Waals surface area contributed by atoms with Crippen LogP contribution < -0.4 is 0 Å². The van der Waals surface area contributed by atoms with Crippen LogP contribution in [0.25, 0.3) is 0 Å². The zero-order valence-corrected chi connectivity index (χ0v) is 10.5. The number of aliphatic hydroxyl groups is 2. The van der Waals surface area contributed by atoms with E-state index < -0.39 is 0 Å². The number of nitrogens with zero attached hydrogens (tertiary/aromatic N) is 1. The number of likely N-dealkylation sites (tertiary alicyclic amines) is 1. The lowest BCUT2D eigenvalue weighted by molar-refractivity contribution is 0.0762. The molecular formula is C14H19NO3. The predicted octanol–water partition coefficient (Wildman–Crippen LogP) is 1.02. The fourth-order valence-electron chi connectivity index (χ4n) is 2.30. The molecule has 1 aromatic carbocycles. The Kier molecular flexibility index (Phi) is 3.99. The standard InChI is InChI=1S/C14H19NO3/c1-10(17)13-6-7-15(8-13)14(18)12-4-2-11(9-16)3-5-12/h2-5,10,13,16-17H,6-9H2,1H3. The number of hydrogen-bond donors (Lipinski definition) is 2. The highest BCUT2D eigenvalue weighted by molar-refractivity contribution is 5.94. The molecular weight excluding hydrogens is 230 g/mol. The molecule has 1 aliphatic rings. The summed E-state index contributed by atoms with van der Waals surface area (Å²) in [6, 6.07) is 7.00. The maximum absolute atomic E-state index is 12.2. The molecule has 0 radical (unpaired) electrons. The van der Waals surface area contributed by atoms with Crippen molar-refractivity contribution >= 4 is 5.91 Å². The molecule has 4 heteroatoms. The summed E-state index contributed by atoms with van der Waals surface area (Å²) in [6.07, 6.45) is 0.498. The third kappa shape index (κ3) is 2.71. The molecule has 2 atom stereocenters. The van der Waals surface area contributed by atoms with Crippen molar-refractivity contribution < 1.29 is 15.0 Å². The van der Waals surface area contributed by atoms with E-state index in [9.17, 15) is 9.90 Å². The van der Waals surface area contributed by atoms with Crippen LogP contribution in [0.5, 0.6) is 0 Å². The number of amides is 1. The van der Waals surface area contributed by atoms with Crippen molar-refractivity contribution in [2.24, 2.45) is 5.92 Å². The largest absolute Gasteiger partial charge is 0.393 e. The highest BCUT2D eigenvalue weighted by Crippen LogP contribution is 2.21. The van der Waals surface area contributed by atoms with Crippen LogP contribution in [-0.2, 0) is 6.61 Å². The van der Waals surface area contributed by atoms with Gasteiger partial charge in [0.15, 0.2) is 0 Å². The highest BCUT2D eigenvalue weighted by atomic mass is 16.3. The van der Waals surface area contributed by atoms with E-state index in [0.717, 1.165) is 12.0 Å². The van der Waals surface area contributed by atoms with Crippen LogP contribution in [0.15, 0.2) is 24.3 Å². The summed E-state index contributed by atoms with van der Waals surface area (Å²) in [5.74, 6) is 0.188. The van der Waals surface area contributed by atoms with E-state index in [-0.39, 0.29) is 24.5 Å². The Morgan fingerprint density at radius 3 is 2.61 bits per heavy atom. The predicted molar refractivity (Wildman–Crippen MR) is 68.1 cm³/mol. The Labute approximate surface area is 107 Å². The SMILES string of the molecule is CC(O)C1CCN(C(=O)c2ccc(CO)cc2)C1. The molecule has 0 spiro atoms. The summed E-state index contributed by atoms with van der Waals surface area (Å²) >= 11 is 0. The maximum Gasteiger partial charge on any atom is 0.253 e. The van der Waals surface area contributed by atoms with E-state index in [2.05, 4.69) is 0 Å². The number of aliphatic hydroxyl groups excluding tert-OH is 2. The number of carbonyl (C=O) groups excluding carboxylic acids is 1. The van der Waals surface area contributed by atoms with E-state index in [1.54, 1.807) is 36.1 Å². The molecule has 4 nitrogen and oxygen atoms in total. The van der Waals surface area contributed by atoms with Crippen molar-refractivity contribution in [3.63, 3.8) is 0 Å². The average Bonchev–Trinajstić information content (AvgIpc) is 2.88. The molecule has 0 aliphatic carbocycles. The van der Waals surface area contributed by atoms with Gasteiger partial charge < -0.3 is 15.1 Å². The van der Waals surface area contributed by atoms with Gasteiger partial charge in [-0.2, -0.15) is 0 Å². The van der Waals surface area contributed by atoms with E-state index in [0.29, 0.717) is 18.7 Å². The number of benzene rings is 1. The van der Waals surface area contributed by atoms with Crippen molar-refractivity contribution in [2.75, 3.05) is 13.1 Å². The summed E-state index contributed by atoms with van der Waals surface area (Å²) in [5.41, 5.74) is 1.44. The first kappa shape index (κ1) is 13.1. The van der Waals surface area contributed by atoms with Gasteiger partial charge in [-0.05, 0) is 31.0 Å². The number of rotatable bonds is 3. The number of hydrogen-bond acceptors (Lipinski definition) is 3. The summed E-state index contributed by atoms with van der Waals surface area (Å²) in [6.45, 7) is 3.09. The second-order valence-electron chi connectivity index (χ2n) is 4.90. The smallest absolute Gasteiger partial charge is 0.253 e. The van der Waals surface area contributed by atoms with E-state index in [4.69, 9.17) is 5.11 Å². The summed E-state index contributed by atoms with van der Waals surface area (Å²) in [5, 5.41) is 18.5. The molecule has 1 aromatic rings. The topological polar surface area (TPSA) is 60.8 Å². The first-order valence-corrected chi connectivity index (χ1v) is 6.29. The lowest BCUT2D eigenvalue weighted by Crippen LogP contribution is -2.30. The molecule has 0 bridgehead atoms. The number of carbonyl (C=O) groups is 1. The van der Waals surface area contributed by atoms with Crippen LogP contribution >= 0.6 is 0 Å². The van der Waals surface area contributed by atoms with Crippen molar-refractivity contribution in [1.29, 1.82) is 0 Å². The van der Waals surface area contributed by atoms with Crippen LogP contribution in [0, 0.1) is 5.92 Å². The average molecular weight is 249 g/mol. The summed E-state index contributed by atoms with van der Waals surface area (Å²) in [7, 11) is 0. The molecule has 1 fully saturated rings. The summed E-state index contributed by atoms with van der Waals surface area (Å²) < 4.78 is 0. The molecule has 1 amide bonds. The molecule has 2 unspecified atom stereocenters. The van der Waals surface area contributed by atoms with Crippen molar-refractivity contribution in [3.8, 4) is 0 Å². The Morgan fingerprint density at radius 2 is 2.11 bits per heavy atom. The molecule has 2 rings (SSSR count).